The quantitative estimate of drug-likeness (QED) is 0.794. The van der Waals surface area contributed by atoms with Crippen LogP contribution in [-0.4, -0.2) is 12.5 Å². The highest BCUT2D eigenvalue weighted by molar-refractivity contribution is 5.98. The second-order valence-electron chi connectivity index (χ2n) is 6.42. The van der Waals surface area contributed by atoms with Gasteiger partial charge in [0.15, 0.2) is 6.61 Å². The maximum atomic E-state index is 12.5. The van der Waals surface area contributed by atoms with Crippen molar-refractivity contribution in [3.05, 3.63) is 71.8 Å². The summed E-state index contributed by atoms with van der Waals surface area (Å²) in [6, 6.07) is 20.1. The lowest BCUT2D eigenvalue weighted by atomic mass is 10.0. The molecule has 3 aromatic rings. The Morgan fingerprint density at radius 1 is 1.12 bits per heavy atom. The third-order valence-electron chi connectivity index (χ3n) is 4.66. The summed E-state index contributed by atoms with van der Waals surface area (Å²) >= 11 is 0. The predicted octanol–water partition coefficient (Wildman–Crippen LogP) is 3.79. The zero-order chi connectivity index (χ0) is 17.4. The van der Waals surface area contributed by atoms with Gasteiger partial charge in [-0.25, -0.2) is 0 Å². The molecule has 4 rings (SSSR count). The van der Waals surface area contributed by atoms with Gasteiger partial charge in [0.05, 0.1) is 12.2 Å². The molecular formula is C21H20N2O2. The molecule has 2 N–H and O–H groups in total. The fourth-order valence-electron chi connectivity index (χ4n) is 3.28. The highest BCUT2D eigenvalue weighted by atomic mass is 16.5. The number of ether oxygens (including phenoxy) is 1. The second-order valence-corrected chi connectivity index (χ2v) is 6.42. The van der Waals surface area contributed by atoms with Crippen molar-refractivity contribution >= 4 is 22.4 Å². The Bertz CT molecular complexity index is 944. The molecule has 0 saturated carbocycles. The number of hydrogen-bond donors (Lipinski definition) is 1. The van der Waals surface area contributed by atoms with E-state index in [1.54, 1.807) is 4.90 Å². The first-order chi connectivity index (χ1) is 12.1. The minimum absolute atomic E-state index is 0.0396. The van der Waals surface area contributed by atoms with Crippen molar-refractivity contribution in [3.63, 3.8) is 0 Å². The van der Waals surface area contributed by atoms with Crippen molar-refractivity contribution < 1.29 is 9.53 Å². The van der Waals surface area contributed by atoms with Gasteiger partial charge in [0.25, 0.3) is 5.91 Å². The van der Waals surface area contributed by atoms with Gasteiger partial charge in [-0.05, 0) is 41.0 Å². The highest BCUT2D eigenvalue weighted by Gasteiger charge is 2.26. The average Bonchev–Trinajstić information content (AvgIpc) is 2.63. The number of hydrogen-bond acceptors (Lipinski definition) is 3. The third kappa shape index (κ3) is 2.85. The number of fused-ring (bicyclic) bond motifs is 2. The lowest BCUT2D eigenvalue weighted by Gasteiger charge is -2.30. The smallest absolute Gasteiger partial charge is 0.265 e. The number of nitrogens with two attached hydrogens (primary N) is 1. The van der Waals surface area contributed by atoms with Crippen LogP contribution < -0.4 is 15.4 Å². The Kier molecular flexibility index (Phi) is 3.90. The first kappa shape index (κ1) is 15.7. The van der Waals surface area contributed by atoms with Crippen LogP contribution in [0.3, 0.4) is 0 Å². The molecule has 0 bridgehead atoms. The SMILES string of the molecule is CC(N)c1ccc2c(c1)N(Cc1cccc3ccccc13)C(=O)CO2. The van der Waals surface area contributed by atoms with Crippen LogP contribution >= 0.6 is 0 Å². The summed E-state index contributed by atoms with van der Waals surface area (Å²) in [5.74, 6) is 0.687. The molecule has 1 atom stereocenters. The molecular weight excluding hydrogens is 312 g/mol. The molecule has 1 unspecified atom stereocenters. The summed E-state index contributed by atoms with van der Waals surface area (Å²) in [5, 5.41) is 2.33. The van der Waals surface area contributed by atoms with Crippen LogP contribution in [0, 0.1) is 0 Å². The first-order valence-electron chi connectivity index (χ1n) is 8.43. The van der Waals surface area contributed by atoms with Crippen molar-refractivity contribution in [3.8, 4) is 5.75 Å². The zero-order valence-corrected chi connectivity index (χ0v) is 14.1. The van der Waals surface area contributed by atoms with Crippen molar-refractivity contribution in [2.75, 3.05) is 11.5 Å². The van der Waals surface area contributed by atoms with Crippen molar-refractivity contribution in [1.82, 2.24) is 0 Å². The number of carbonyl (C=O) groups is 1. The van der Waals surface area contributed by atoms with Gasteiger partial charge in [-0.2, -0.15) is 0 Å². The van der Waals surface area contributed by atoms with Gasteiger partial charge in [0, 0.05) is 6.04 Å². The zero-order valence-electron chi connectivity index (χ0n) is 14.1. The molecule has 3 aromatic carbocycles. The van der Waals surface area contributed by atoms with Gasteiger partial charge in [0.2, 0.25) is 0 Å². The summed E-state index contributed by atoms with van der Waals surface area (Å²) in [6.45, 7) is 2.51. The minimum Gasteiger partial charge on any atom is -0.482 e. The molecule has 1 amide bonds. The average molecular weight is 332 g/mol. The van der Waals surface area contributed by atoms with E-state index in [9.17, 15) is 4.79 Å². The van der Waals surface area contributed by atoms with Crippen LogP contribution in [0.25, 0.3) is 10.8 Å². The number of nitrogens with zero attached hydrogens (tertiary/aromatic N) is 1. The normalized spacial score (nSPS) is 15.0. The van der Waals surface area contributed by atoms with E-state index in [2.05, 4.69) is 24.3 Å². The lowest BCUT2D eigenvalue weighted by Crippen LogP contribution is -2.38. The molecule has 0 spiro atoms. The van der Waals surface area contributed by atoms with Crippen LogP contribution in [0.2, 0.25) is 0 Å². The summed E-state index contributed by atoms with van der Waals surface area (Å²) in [7, 11) is 0. The predicted molar refractivity (Wildman–Crippen MR) is 99.7 cm³/mol. The number of benzene rings is 3. The van der Waals surface area contributed by atoms with Gasteiger partial charge >= 0.3 is 0 Å². The first-order valence-corrected chi connectivity index (χ1v) is 8.43. The fraction of sp³-hybridized carbons (Fsp3) is 0.190. The molecule has 126 valence electrons. The molecule has 0 saturated heterocycles. The van der Waals surface area contributed by atoms with E-state index in [-0.39, 0.29) is 18.6 Å². The monoisotopic (exact) mass is 332 g/mol. The van der Waals surface area contributed by atoms with E-state index in [4.69, 9.17) is 10.5 Å². The van der Waals surface area contributed by atoms with Gasteiger partial charge < -0.3 is 15.4 Å². The molecule has 0 fully saturated rings. The topological polar surface area (TPSA) is 55.6 Å². The molecule has 0 aliphatic carbocycles. The summed E-state index contributed by atoms with van der Waals surface area (Å²) in [6.07, 6.45) is 0. The molecule has 1 aliphatic heterocycles. The number of carbonyl (C=O) groups excluding carboxylic acids is 1. The molecule has 1 heterocycles. The number of rotatable bonds is 3. The molecule has 0 aromatic heterocycles. The molecule has 0 radical (unpaired) electrons. The Morgan fingerprint density at radius 2 is 1.92 bits per heavy atom. The fourth-order valence-corrected chi connectivity index (χ4v) is 3.28. The van der Waals surface area contributed by atoms with Crippen LogP contribution in [0.15, 0.2) is 60.7 Å². The third-order valence-corrected chi connectivity index (χ3v) is 4.66. The van der Waals surface area contributed by atoms with Crippen LogP contribution in [0.1, 0.15) is 24.1 Å². The second kappa shape index (κ2) is 6.22. The Hall–Kier alpha value is -2.85. The number of anilines is 1. The summed E-state index contributed by atoms with van der Waals surface area (Å²) < 4.78 is 5.59. The van der Waals surface area contributed by atoms with E-state index in [0.29, 0.717) is 6.54 Å². The minimum atomic E-state index is -0.0956. The van der Waals surface area contributed by atoms with Crippen LogP contribution in [0.5, 0.6) is 5.75 Å². The maximum Gasteiger partial charge on any atom is 0.265 e. The van der Waals surface area contributed by atoms with Crippen LogP contribution in [-0.2, 0) is 11.3 Å². The lowest BCUT2D eigenvalue weighted by molar-refractivity contribution is -0.121. The van der Waals surface area contributed by atoms with E-state index >= 15 is 0 Å². The summed E-state index contributed by atoms with van der Waals surface area (Å²) in [5.41, 5.74) is 8.90. The van der Waals surface area contributed by atoms with Crippen molar-refractivity contribution in [1.29, 1.82) is 0 Å². The van der Waals surface area contributed by atoms with Crippen molar-refractivity contribution in [2.45, 2.75) is 19.5 Å². The Labute approximate surface area is 146 Å². The van der Waals surface area contributed by atoms with Gasteiger partial charge in [-0.15, -0.1) is 0 Å². The van der Waals surface area contributed by atoms with E-state index in [1.807, 2.05) is 43.3 Å². The standard InChI is InChI=1S/C21H20N2O2/c1-14(22)16-9-10-20-19(11-16)23(21(24)13-25-20)12-17-7-4-6-15-5-2-3-8-18(15)17/h2-11,14H,12-13,22H2,1H3. The van der Waals surface area contributed by atoms with Crippen LogP contribution in [0.4, 0.5) is 5.69 Å². The summed E-state index contributed by atoms with van der Waals surface area (Å²) in [4.78, 5) is 14.3. The van der Waals surface area contributed by atoms with Gasteiger partial charge in [-0.3, -0.25) is 4.79 Å². The molecule has 1 aliphatic rings. The molecule has 25 heavy (non-hydrogen) atoms. The van der Waals surface area contributed by atoms with E-state index in [1.165, 1.54) is 5.39 Å². The van der Waals surface area contributed by atoms with E-state index < -0.39 is 0 Å². The van der Waals surface area contributed by atoms with Gasteiger partial charge in [0.1, 0.15) is 5.75 Å². The van der Waals surface area contributed by atoms with Gasteiger partial charge in [-0.1, -0.05) is 48.5 Å². The molecule has 4 heteroatoms. The van der Waals surface area contributed by atoms with E-state index in [0.717, 1.165) is 28.0 Å². The molecule has 4 nitrogen and oxygen atoms in total. The maximum absolute atomic E-state index is 12.5. The largest absolute Gasteiger partial charge is 0.482 e. The Morgan fingerprint density at radius 3 is 2.76 bits per heavy atom. The highest BCUT2D eigenvalue weighted by Crippen LogP contribution is 2.35. The van der Waals surface area contributed by atoms with Crippen molar-refractivity contribution in [2.24, 2.45) is 5.73 Å². The Balaban J connectivity index is 1.78. The number of amides is 1.